The van der Waals surface area contributed by atoms with Crippen LogP contribution < -0.4 is 10.2 Å². The van der Waals surface area contributed by atoms with Crippen molar-refractivity contribution in [1.82, 2.24) is 14.9 Å². The third-order valence-electron chi connectivity index (χ3n) is 4.68. The number of hydrogen-bond acceptors (Lipinski definition) is 6. The molecule has 34 heavy (non-hydrogen) atoms. The second-order valence-corrected chi connectivity index (χ2v) is 9.04. The van der Waals surface area contributed by atoms with Crippen molar-refractivity contribution in [2.45, 2.75) is 59.6 Å². The highest BCUT2D eigenvalue weighted by Crippen LogP contribution is 2.23. The lowest BCUT2D eigenvalue weighted by Gasteiger charge is -2.22. The Morgan fingerprint density at radius 2 is 1.79 bits per heavy atom. The number of alkyl carbamates (subject to hydrolysis) is 1. The van der Waals surface area contributed by atoms with E-state index in [-0.39, 0.29) is 13.0 Å². The number of benzene rings is 1. The number of imidazole rings is 1. The molecule has 1 atom stereocenters. The van der Waals surface area contributed by atoms with Gasteiger partial charge in [0.25, 0.3) is 0 Å². The Hall–Kier alpha value is -2.19. The van der Waals surface area contributed by atoms with Gasteiger partial charge in [-0.25, -0.2) is 14.6 Å². The van der Waals surface area contributed by atoms with Gasteiger partial charge in [-0.15, -0.1) is 23.2 Å². The molecule has 192 valence electrons. The van der Waals surface area contributed by atoms with Crippen LogP contribution in [0.5, 0.6) is 0 Å². The topological polar surface area (TPSA) is 85.7 Å². The minimum absolute atomic E-state index is 0.158. The Morgan fingerprint density at radius 1 is 1.18 bits per heavy atom. The maximum absolute atomic E-state index is 12.5. The van der Waals surface area contributed by atoms with Crippen LogP contribution in [0.1, 0.15) is 47.4 Å². The zero-order valence-corrected chi connectivity index (χ0v) is 22.8. The van der Waals surface area contributed by atoms with Crippen molar-refractivity contribution in [3.05, 3.63) is 24.0 Å². The number of nitrogens with zero attached hydrogens (tertiary/aromatic N) is 3. The number of aryl methyl sites for hydroxylation is 1. The van der Waals surface area contributed by atoms with Gasteiger partial charge in [0.15, 0.2) is 0 Å². The number of ether oxygens (including phenoxy) is 2. The van der Waals surface area contributed by atoms with Gasteiger partial charge >= 0.3 is 12.1 Å². The van der Waals surface area contributed by atoms with Gasteiger partial charge in [-0.05, 0) is 45.9 Å². The van der Waals surface area contributed by atoms with Crippen LogP contribution in [-0.4, -0.2) is 64.7 Å². The number of nitrogens with one attached hydrogen (secondary N) is 1. The van der Waals surface area contributed by atoms with E-state index in [1.165, 1.54) is 0 Å². The molecule has 1 aromatic heterocycles. The largest absolute Gasteiger partial charge is 0.464 e. The number of amides is 1. The first-order valence-electron chi connectivity index (χ1n) is 11.6. The fourth-order valence-electron chi connectivity index (χ4n) is 3.26. The molecule has 8 nitrogen and oxygen atoms in total. The summed E-state index contributed by atoms with van der Waals surface area (Å²) in [5.41, 5.74) is 1.96. The molecule has 0 fully saturated rings. The predicted molar refractivity (Wildman–Crippen MR) is 139 cm³/mol. The number of aromatic nitrogens is 2. The standard InChI is InChI=1S/C22H32Cl2N4O4.C2H6/c1-6-31-20(29)17(26-21(30)32-22(2,3)4)14-19-25-16-13-15(7-8-18(16)27(19)5)28(11-9-23)12-10-24;1-2/h7-8,13,17H,6,9-12,14H2,1-5H3,(H,26,30);1-2H3. The highest BCUT2D eigenvalue weighted by molar-refractivity contribution is 6.18. The third kappa shape index (κ3) is 8.87. The average molecular weight is 517 g/mol. The Labute approximate surface area is 212 Å². The molecule has 2 aromatic rings. The molecule has 0 radical (unpaired) electrons. The summed E-state index contributed by atoms with van der Waals surface area (Å²) in [6.07, 6.45) is -0.527. The number of alkyl halides is 2. The summed E-state index contributed by atoms with van der Waals surface area (Å²) in [6.45, 7) is 12.5. The summed E-state index contributed by atoms with van der Waals surface area (Å²) < 4.78 is 12.3. The molecule has 0 aliphatic rings. The minimum Gasteiger partial charge on any atom is -0.464 e. The number of rotatable bonds is 10. The van der Waals surface area contributed by atoms with Gasteiger partial charge in [-0.1, -0.05) is 13.8 Å². The molecule has 1 heterocycles. The second kappa shape index (κ2) is 14.3. The van der Waals surface area contributed by atoms with Crippen molar-refractivity contribution in [2.24, 2.45) is 7.05 Å². The summed E-state index contributed by atoms with van der Waals surface area (Å²) in [5, 5.41) is 2.61. The van der Waals surface area contributed by atoms with E-state index in [0.717, 1.165) is 16.7 Å². The van der Waals surface area contributed by atoms with Crippen molar-refractivity contribution >= 4 is 52.0 Å². The maximum atomic E-state index is 12.5. The lowest BCUT2D eigenvalue weighted by molar-refractivity contribution is -0.145. The number of hydrogen-bond donors (Lipinski definition) is 1. The van der Waals surface area contributed by atoms with Gasteiger partial charge in [0.1, 0.15) is 17.5 Å². The van der Waals surface area contributed by atoms with E-state index in [9.17, 15) is 9.59 Å². The van der Waals surface area contributed by atoms with Crippen molar-refractivity contribution in [2.75, 3.05) is 36.4 Å². The molecule has 0 bridgehead atoms. The zero-order valence-electron chi connectivity index (χ0n) is 21.3. The number of halogens is 2. The van der Waals surface area contributed by atoms with E-state index in [4.69, 9.17) is 37.7 Å². The van der Waals surface area contributed by atoms with Gasteiger partial charge in [0, 0.05) is 44.0 Å². The second-order valence-electron chi connectivity index (χ2n) is 8.28. The lowest BCUT2D eigenvalue weighted by Crippen LogP contribution is -2.45. The van der Waals surface area contributed by atoms with E-state index in [1.54, 1.807) is 27.7 Å². The van der Waals surface area contributed by atoms with E-state index in [2.05, 4.69) is 10.2 Å². The number of carbonyl (C=O) groups excluding carboxylic acids is 2. The molecular formula is C24H38Cl2N4O4. The minimum atomic E-state index is -0.927. The molecule has 1 unspecified atom stereocenters. The van der Waals surface area contributed by atoms with Crippen LogP contribution in [-0.2, 0) is 27.7 Å². The first kappa shape index (κ1) is 29.8. The number of fused-ring (bicyclic) bond motifs is 1. The molecule has 1 aromatic carbocycles. The molecule has 1 N–H and O–H groups in total. The predicted octanol–water partition coefficient (Wildman–Crippen LogP) is 4.88. The summed E-state index contributed by atoms with van der Waals surface area (Å²) in [7, 11) is 1.87. The molecular weight excluding hydrogens is 479 g/mol. The molecule has 2 rings (SSSR count). The number of carbonyl (C=O) groups is 2. The Bertz CT molecular complexity index is 922. The van der Waals surface area contributed by atoms with Gasteiger partial charge in [-0.2, -0.15) is 0 Å². The van der Waals surface area contributed by atoms with Crippen LogP contribution >= 0.6 is 23.2 Å². The smallest absolute Gasteiger partial charge is 0.408 e. The van der Waals surface area contributed by atoms with Crippen LogP contribution in [0, 0.1) is 0 Å². The quantitative estimate of drug-likeness (QED) is 0.357. The average Bonchev–Trinajstić information content (AvgIpc) is 3.08. The summed E-state index contributed by atoms with van der Waals surface area (Å²) in [5.74, 6) is 1.06. The highest BCUT2D eigenvalue weighted by Gasteiger charge is 2.27. The van der Waals surface area contributed by atoms with Crippen LogP contribution in [0.2, 0.25) is 0 Å². The fraction of sp³-hybridized carbons (Fsp3) is 0.625. The molecule has 0 aliphatic heterocycles. The van der Waals surface area contributed by atoms with Crippen molar-refractivity contribution in [1.29, 1.82) is 0 Å². The Balaban J connectivity index is 0.00000281. The SMILES string of the molecule is CC.CCOC(=O)C(Cc1nc2cc(N(CCCl)CCCl)ccc2n1C)NC(=O)OC(C)(C)C. The first-order valence-corrected chi connectivity index (χ1v) is 12.6. The van der Waals surface area contributed by atoms with Crippen molar-refractivity contribution in [3.8, 4) is 0 Å². The normalized spacial score (nSPS) is 11.9. The van der Waals surface area contributed by atoms with Gasteiger partial charge in [-0.3, -0.25) is 0 Å². The Kier molecular flexibility index (Phi) is 12.5. The molecule has 10 heteroatoms. The monoisotopic (exact) mass is 516 g/mol. The van der Waals surface area contributed by atoms with E-state index >= 15 is 0 Å². The van der Waals surface area contributed by atoms with Crippen molar-refractivity contribution in [3.63, 3.8) is 0 Å². The van der Waals surface area contributed by atoms with Crippen LogP contribution in [0.25, 0.3) is 11.0 Å². The molecule has 0 saturated heterocycles. The van der Waals surface area contributed by atoms with E-state index < -0.39 is 23.7 Å². The highest BCUT2D eigenvalue weighted by atomic mass is 35.5. The number of anilines is 1. The van der Waals surface area contributed by atoms with Crippen molar-refractivity contribution < 1.29 is 19.1 Å². The van der Waals surface area contributed by atoms with Crippen LogP contribution in [0.15, 0.2) is 18.2 Å². The number of esters is 1. The van der Waals surface area contributed by atoms with Gasteiger partial charge in [0.05, 0.1) is 17.6 Å². The van der Waals surface area contributed by atoms with Crippen LogP contribution in [0.3, 0.4) is 0 Å². The van der Waals surface area contributed by atoms with E-state index in [1.807, 2.05) is 43.7 Å². The third-order valence-corrected chi connectivity index (χ3v) is 5.02. The molecule has 1 amide bonds. The van der Waals surface area contributed by atoms with Crippen LogP contribution in [0.4, 0.5) is 10.5 Å². The summed E-state index contributed by atoms with van der Waals surface area (Å²) in [4.78, 5) is 31.6. The molecule has 0 aliphatic carbocycles. The summed E-state index contributed by atoms with van der Waals surface area (Å²) >= 11 is 11.9. The van der Waals surface area contributed by atoms with E-state index in [0.29, 0.717) is 30.7 Å². The van der Waals surface area contributed by atoms with Gasteiger partial charge < -0.3 is 24.3 Å². The lowest BCUT2D eigenvalue weighted by atomic mass is 10.2. The molecule has 0 saturated carbocycles. The van der Waals surface area contributed by atoms with Gasteiger partial charge in [0.2, 0.25) is 0 Å². The first-order chi connectivity index (χ1) is 16.1. The maximum Gasteiger partial charge on any atom is 0.408 e. The Morgan fingerprint density at radius 3 is 2.32 bits per heavy atom. The zero-order chi connectivity index (χ0) is 25.9. The fourth-order valence-corrected chi connectivity index (χ4v) is 3.67. The summed E-state index contributed by atoms with van der Waals surface area (Å²) in [6, 6.07) is 5.01. The molecule has 0 spiro atoms.